The first-order valence-corrected chi connectivity index (χ1v) is 10.5. The number of rotatable bonds is 1. The van der Waals surface area contributed by atoms with Gasteiger partial charge in [-0.25, -0.2) is 9.97 Å². The van der Waals surface area contributed by atoms with Crippen molar-refractivity contribution in [2.24, 2.45) is 0 Å². The van der Waals surface area contributed by atoms with Crippen LogP contribution in [0.5, 0.6) is 0 Å². The van der Waals surface area contributed by atoms with Crippen molar-refractivity contribution in [3.8, 4) is 0 Å². The summed E-state index contributed by atoms with van der Waals surface area (Å²) in [6, 6.07) is 21.4. The Morgan fingerprint density at radius 1 is 0.625 bits per heavy atom. The van der Waals surface area contributed by atoms with Crippen molar-refractivity contribution < 1.29 is 4.79 Å². The number of H-pyrrole nitrogens is 2. The summed E-state index contributed by atoms with van der Waals surface area (Å²) in [7, 11) is 0. The summed E-state index contributed by atoms with van der Waals surface area (Å²) in [5.41, 5.74) is 9.00. The summed E-state index contributed by atoms with van der Waals surface area (Å²) in [5.74, 6) is 0. The number of nitrogens with zero attached hydrogens (tertiary/aromatic N) is 2. The average Bonchev–Trinajstić information content (AvgIpc) is 3.61. The molecule has 155 valence electrons. The molecule has 0 saturated heterocycles. The first-order chi connectivity index (χ1) is 15.7. The number of hydrogen-bond donors (Lipinski definition) is 2. The van der Waals surface area contributed by atoms with Crippen molar-refractivity contribution in [1.82, 2.24) is 19.9 Å². The minimum atomic E-state index is 0.604. The van der Waals surface area contributed by atoms with E-state index in [2.05, 4.69) is 68.5 Å². The van der Waals surface area contributed by atoms with Gasteiger partial charge in [0.05, 0.1) is 22.8 Å². The zero-order chi connectivity index (χ0) is 21.8. The molecule has 3 aliphatic heterocycles. The topological polar surface area (TPSA) is 74.4 Å². The monoisotopic (exact) mass is 417 g/mol. The normalized spacial score (nSPS) is 12.6. The summed E-state index contributed by atoms with van der Waals surface area (Å²) in [6.07, 6.45) is 12.0. The van der Waals surface area contributed by atoms with E-state index in [0.717, 1.165) is 46.7 Å². The number of nitrogens with one attached hydrogen (secondary N) is 2. The fourth-order valence-electron chi connectivity index (χ4n) is 3.71. The van der Waals surface area contributed by atoms with Crippen molar-refractivity contribution in [2.75, 3.05) is 0 Å². The van der Waals surface area contributed by atoms with Gasteiger partial charge in [0.1, 0.15) is 0 Å². The molecule has 1 aromatic carbocycles. The molecule has 0 amide bonds. The molecule has 5 heteroatoms. The van der Waals surface area contributed by atoms with Gasteiger partial charge in [0.25, 0.3) is 0 Å². The summed E-state index contributed by atoms with van der Waals surface area (Å²) in [6.45, 7) is 0. The third-order valence-electron chi connectivity index (χ3n) is 5.22. The summed E-state index contributed by atoms with van der Waals surface area (Å²) in [4.78, 5) is 26.1. The zero-order valence-electron chi connectivity index (χ0n) is 17.4. The van der Waals surface area contributed by atoms with Crippen LogP contribution in [0.4, 0.5) is 0 Å². The largest absolute Gasteiger partial charge is 0.362 e. The second-order valence-corrected chi connectivity index (χ2v) is 7.68. The Morgan fingerprint density at radius 2 is 1.12 bits per heavy atom. The molecule has 1 radical (unpaired) electrons. The lowest BCUT2D eigenvalue weighted by Crippen LogP contribution is -1.80. The summed E-state index contributed by atoms with van der Waals surface area (Å²) < 4.78 is 0. The Bertz CT molecular complexity index is 1310. The van der Waals surface area contributed by atoms with Gasteiger partial charge in [-0.05, 0) is 73.5 Å². The Balaban J connectivity index is 0.000000230. The number of aryl methyl sites for hydroxylation is 2. The maximum Gasteiger partial charge on any atom is 0.233 e. The van der Waals surface area contributed by atoms with E-state index in [9.17, 15) is 4.79 Å². The molecule has 0 aliphatic carbocycles. The smallest absolute Gasteiger partial charge is 0.233 e. The van der Waals surface area contributed by atoms with E-state index >= 15 is 0 Å². The highest BCUT2D eigenvalue weighted by atomic mass is 16.1. The maximum atomic E-state index is 9.88. The van der Waals surface area contributed by atoms with Crippen LogP contribution in [0, 0.1) is 0 Å². The van der Waals surface area contributed by atoms with Gasteiger partial charge in [-0.15, -0.1) is 0 Å². The molecule has 0 fully saturated rings. The molecule has 2 N–H and O–H groups in total. The second kappa shape index (κ2) is 8.86. The van der Waals surface area contributed by atoms with Gasteiger partial charge in [0.2, 0.25) is 6.29 Å². The molecule has 2 aromatic heterocycles. The molecule has 0 atom stereocenters. The highest BCUT2D eigenvalue weighted by Gasteiger charge is 2.07. The molecule has 5 heterocycles. The van der Waals surface area contributed by atoms with Crippen LogP contribution >= 0.6 is 0 Å². The summed E-state index contributed by atoms with van der Waals surface area (Å²) in [5, 5.41) is 0. The van der Waals surface area contributed by atoms with Crippen LogP contribution in [0.1, 0.15) is 39.7 Å². The van der Waals surface area contributed by atoms with Gasteiger partial charge in [0.15, 0.2) is 0 Å². The number of benzene rings is 1. The van der Waals surface area contributed by atoms with Gasteiger partial charge >= 0.3 is 0 Å². The number of hydrogen-bond acceptors (Lipinski definition) is 3. The molecule has 3 aliphatic rings. The van der Waals surface area contributed by atoms with Crippen molar-refractivity contribution in [3.05, 3.63) is 106 Å². The van der Waals surface area contributed by atoms with Crippen LogP contribution in [-0.4, -0.2) is 26.2 Å². The van der Waals surface area contributed by atoms with E-state index in [1.54, 1.807) is 30.6 Å². The fraction of sp³-hybridized carbons (Fsp3) is 0.0741. The molecule has 0 unspecified atom stereocenters. The first-order valence-electron chi connectivity index (χ1n) is 10.5. The van der Waals surface area contributed by atoms with Crippen molar-refractivity contribution in [1.29, 1.82) is 0 Å². The molecule has 8 bridgehead atoms. The Morgan fingerprint density at radius 3 is 1.59 bits per heavy atom. The number of aromatic amines is 2. The van der Waals surface area contributed by atoms with E-state index in [0.29, 0.717) is 5.56 Å². The zero-order valence-corrected chi connectivity index (χ0v) is 17.4. The maximum absolute atomic E-state index is 9.88. The summed E-state index contributed by atoms with van der Waals surface area (Å²) >= 11 is 0. The average molecular weight is 417 g/mol. The van der Waals surface area contributed by atoms with E-state index in [4.69, 9.17) is 0 Å². The van der Waals surface area contributed by atoms with Crippen molar-refractivity contribution in [2.45, 2.75) is 12.8 Å². The Kier molecular flexibility index (Phi) is 5.45. The fourth-order valence-corrected chi connectivity index (χ4v) is 3.71. The standard InChI is InChI=1S/C20H16N4.C7H5O/c1-2-14-10-16-5-6-18(23-16)12-20-8-7-19(24-20)11-17-4-3-15(22-17)9-13(1)21-14;8-6-7-4-2-1-3-5-7/h1-6,9-12,21,24H,7-8H2;1-5H. The van der Waals surface area contributed by atoms with Gasteiger partial charge in [-0.2, -0.15) is 0 Å². The minimum absolute atomic E-state index is 0.604. The minimum Gasteiger partial charge on any atom is -0.362 e. The van der Waals surface area contributed by atoms with Gasteiger partial charge < -0.3 is 9.97 Å². The van der Waals surface area contributed by atoms with Gasteiger partial charge in [-0.1, -0.05) is 30.3 Å². The van der Waals surface area contributed by atoms with Crippen molar-refractivity contribution in [3.63, 3.8) is 0 Å². The highest BCUT2D eigenvalue weighted by molar-refractivity contribution is 5.75. The third kappa shape index (κ3) is 4.73. The third-order valence-corrected chi connectivity index (χ3v) is 5.22. The molecular weight excluding hydrogens is 396 g/mol. The first kappa shape index (κ1) is 19.7. The van der Waals surface area contributed by atoms with Crippen molar-refractivity contribution >= 4 is 41.6 Å². The van der Waals surface area contributed by atoms with Crippen LogP contribution in [-0.2, 0) is 17.6 Å². The lowest BCUT2D eigenvalue weighted by Gasteiger charge is -1.87. The second-order valence-electron chi connectivity index (χ2n) is 7.68. The predicted octanol–water partition coefficient (Wildman–Crippen LogP) is 5.31. The molecule has 0 spiro atoms. The molecule has 0 saturated carbocycles. The lowest BCUT2D eigenvalue weighted by molar-refractivity contribution is 0.563. The van der Waals surface area contributed by atoms with Gasteiger partial charge in [-0.3, -0.25) is 4.79 Å². The van der Waals surface area contributed by atoms with Crippen LogP contribution in [0.3, 0.4) is 0 Å². The van der Waals surface area contributed by atoms with Crippen LogP contribution < -0.4 is 0 Å². The number of fused-ring (bicyclic) bond motifs is 8. The highest BCUT2D eigenvalue weighted by Crippen LogP contribution is 2.18. The predicted molar refractivity (Wildman–Crippen MR) is 129 cm³/mol. The molecule has 6 rings (SSSR count). The molecule has 32 heavy (non-hydrogen) atoms. The van der Waals surface area contributed by atoms with Crippen LogP contribution in [0.25, 0.3) is 35.3 Å². The Hall–Kier alpha value is -4.25. The van der Waals surface area contributed by atoms with Crippen LogP contribution in [0.15, 0.2) is 66.7 Å². The quantitative estimate of drug-likeness (QED) is 0.388. The van der Waals surface area contributed by atoms with Crippen LogP contribution in [0.2, 0.25) is 0 Å². The van der Waals surface area contributed by atoms with E-state index < -0.39 is 0 Å². The Labute approximate surface area is 185 Å². The number of carbonyl (C=O) groups excluding carboxylic acids is 1. The lowest BCUT2D eigenvalue weighted by atomic mass is 10.2. The molecule has 3 aromatic rings. The SMILES string of the molecule is C1=Cc2cc3ccc(cc4nc(cc5[nH]c(cc1n2)CC5)C=C4)[nH]3.O=[C]c1ccccc1. The van der Waals surface area contributed by atoms with E-state index in [1.807, 2.05) is 18.2 Å². The molecule has 5 nitrogen and oxygen atoms in total. The van der Waals surface area contributed by atoms with Gasteiger partial charge in [0, 0.05) is 28.0 Å². The van der Waals surface area contributed by atoms with E-state index in [-0.39, 0.29) is 0 Å². The molecular formula is C27H21N4O. The van der Waals surface area contributed by atoms with E-state index in [1.165, 1.54) is 11.4 Å². The number of aromatic nitrogens is 4.